The van der Waals surface area contributed by atoms with Crippen molar-refractivity contribution in [3.8, 4) is 5.75 Å². The number of likely N-dealkylation sites (N-methyl/N-ethyl adjacent to an activating group) is 1. The van der Waals surface area contributed by atoms with Crippen LogP contribution in [0.1, 0.15) is 5.69 Å². The predicted octanol–water partition coefficient (Wildman–Crippen LogP) is 3.11. The third-order valence-electron chi connectivity index (χ3n) is 4.02. The van der Waals surface area contributed by atoms with Gasteiger partial charge in [-0.05, 0) is 30.3 Å². The quantitative estimate of drug-likeness (QED) is 0.647. The Kier molecular flexibility index (Phi) is 5.96. The summed E-state index contributed by atoms with van der Waals surface area (Å²) in [5.41, 5.74) is 1.88. The van der Waals surface area contributed by atoms with E-state index in [1.807, 2.05) is 24.4 Å². The molecule has 3 rings (SSSR count). The van der Waals surface area contributed by atoms with Gasteiger partial charge < -0.3 is 15.0 Å². The van der Waals surface area contributed by atoms with E-state index in [2.05, 4.69) is 10.3 Å². The first kappa shape index (κ1) is 19.4. The molecule has 0 aliphatic rings. The first-order valence-electron chi connectivity index (χ1n) is 8.47. The number of fused-ring (bicyclic) bond motifs is 1. The molecule has 0 bridgehead atoms. The second kappa shape index (κ2) is 8.58. The first-order chi connectivity index (χ1) is 13.5. The summed E-state index contributed by atoms with van der Waals surface area (Å²) in [5.74, 6) is -0.0110. The molecule has 0 aliphatic heterocycles. The number of benzene rings is 1. The van der Waals surface area contributed by atoms with Crippen LogP contribution in [-0.4, -0.2) is 46.8 Å². The maximum atomic E-state index is 12.3. The van der Waals surface area contributed by atoms with Crippen molar-refractivity contribution in [1.29, 1.82) is 0 Å². The molecule has 0 aliphatic carbocycles. The van der Waals surface area contributed by atoms with E-state index in [0.717, 1.165) is 0 Å². The third kappa shape index (κ3) is 4.50. The number of methoxy groups -OCH3 is 1. The highest BCUT2D eigenvalue weighted by molar-refractivity contribution is 6.31. The summed E-state index contributed by atoms with van der Waals surface area (Å²) in [6.07, 6.45) is 4.76. The number of rotatable bonds is 6. The molecule has 2 amide bonds. The Morgan fingerprint density at radius 1 is 1.29 bits per heavy atom. The fraction of sp³-hybridized carbons (Fsp3) is 0.150. The van der Waals surface area contributed by atoms with Crippen LogP contribution < -0.4 is 10.1 Å². The van der Waals surface area contributed by atoms with Gasteiger partial charge in [0.25, 0.3) is 0 Å². The lowest BCUT2D eigenvalue weighted by Crippen LogP contribution is -2.33. The van der Waals surface area contributed by atoms with Gasteiger partial charge in [-0.3, -0.25) is 14.0 Å². The van der Waals surface area contributed by atoms with Crippen molar-refractivity contribution in [2.45, 2.75) is 0 Å². The minimum absolute atomic E-state index is 0.0960. The molecule has 0 radical (unpaired) electrons. The molecule has 144 valence electrons. The largest absolute Gasteiger partial charge is 0.497 e. The molecular formula is C20H19ClN4O3. The van der Waals surface area contributed by atoms with Crippen LogP contribution in [0.15, 0.2) is 54.7 Å². The highest BCUT2D eigenvalue weighted by Crippen LogP contribution is 2.19. The number of halogens is 1. The SMILES string of the molecule is COc1cccc(NC(=O)CN(C)C(=O)/C=C/c2c(Cl)nc3ccccn23)c1. The molecule has 1 N–H and O–H groups in total. The summed E-state index contributed by atoms with van der Waals surface area (Å²) in [6.45, 7) is -0.0960. The van der Waals surface area contributed by atoms with Crippen LogP contribution in [0.3, 0.4) is 0 Å². The van der Waals surface area contributed by atoms with Crippen molar-refractivity contribution in [2.24, 2.45) is 0 Å². The van der Waals surface area contributed by atoms with E-state index >= 15 is 0 Å². The Bertz CT molecular complexity index is 1040. The van der Waals surface area contributed by atoms with E-state index < -0.39 is 0 Å². The molecule has 2 aromatic heterocycles. The second-order valence-corrected chi connectivity index (χ2v) is 6.38. The fourth-order valence-electron chi connectivity index (χ4n) is 2.61. The molecule has 1 aromatic carbocycles. The zero-order valence-electron chi connectivity index (χ0n) is 15.4. The molecule has 8 heteroatoms. The number of hydrogen-bond donors (Lipinski definition) is 1. The molecule has 3 aromatic rings. The number of carbonyl (C=O) groups excluding carboxylic acids is 2. The maximum absolute atomic E-state index is 12.3. The van der Waals surface area contributed by atoms with E-state index in [1.165, 1.54) is 11.0 Å². The number of amides is 2. The number of carbonyl (C=O) groups is 2. The zero-order valence-corrected chi connectivity index (χ0v) is 16.2. The van der Waals surface area contributed by atoms with Crippen LogP contribution in [0.25, 0.3) is 11.7 Å². The third-order valence-corrected chi connectivity index (χ3v) is 4.29. The summed E-state index contributed by atoms with van der Waals surface area (Å²) >= 11 is 6.15. The molecule has 0 fully saturated rings. The van der Waals surface area contributed by atoms with Gasteiger partial charge in [-0.15, -0.1) is 0 Å². The fourth-order valence-corrected chi connectivity index (χ4v) is 2.85. The smallest absolute Gasteiger partial charge is 0.246 e. The number of nitrogens with zero attached hydrogens (tertiary/aromatic N) is 3. The lowest BCUT2D eigenvalue weighted by atomic mass is 10.3. The number of imidazole rings is 1. The summed E-state index contributed by atoms with van der Waals surface area (Å²) in [6, 6.07) is 12.5. The highest BCUT2D eigenvalue weighted by Gasteiger charge is 2.12. The van der Waals surface area contributed by atoms with Gasteiger partial charge in [-0.1, -0.05) is 23.7 Å². The number of anilines is 1. The van der Waals surface area contributed by atoms with Gasteiger partial charge in [-0.25, -0.2) is 4.98 Å². The van der Waals surface area contributed by atoms with Crippen molar-refractivity contribution in [1.82, 2.24) is 14.3 Å². The number of hydrogen-bond acceptors (Lipinski definition) is 4. The lowest BCUT2D eigenvalue weighted by Gasteiger charge is -2.15. The number of ether oxygens (including phenoxy) is 1. The van der Waals surface area contributed by atoms with E-state index in [0.29, 0.717) is 27.9 Å². The lowest BCUT2D eigenvalue weighted by molar-refractivity contribution is -0.129. The number of nitrogens with one attached hydrogen (secondary N) is 1. The second-order valence-electron chi connectivity index (χ2n) is 6.02. The van der Waals surface area contributed by atoms with E-state index in [1.54, 1.807) is 48.9 Å². The molecule has 0 unspecified atom stereocenters. The molecule has 2 heterocycles. The molecular weight excluding hydrogens is 380 g/mol. The predicted molar refractivity (Wildman–Crippen MR) is 108 cm³/mol. The Morgan fingerprint density at radius 3 is 2.89 bits per heavy atom. The van der Waals surface area contributed by atoms with E-state index in [9.17, 15) is 9.59 Å². The van der Waals surface area contributed by atoms with Gasteiger partial charge in [0.1, 0.15) is 11.4 Å². The number of aromatic nitrogens is 2. The average Bonchev–Trinajstić information content (AvgIpc) is 3.01. The molecule has 0 spiro atoms. The summed E-state index contributed by atoms with van der Waals surface area (Å²) in [4.78, 5) is 30.1. The van der Waals surface area contributed by atoms with Crippen LogP contribution in [0.2, 0.25) is 5.15 Å². The van der Waals surface area contributed by atoms with Gasteiger partial charge in [0.2, 0.25) is 11.8 Å². The van der Waals surface area contributed by atoms with Crippen LogP contribution in [-0.2, 0) is 9.59 Å². The summed E-state index contributed by atoms with van der Waals surface area (Å²) in [5, 5.41) is 3.03. The van der Waals surface area contributed by atoms with E-state index in [-0.39, 0.29) is 18.4 Å². The molecule has 28 heavy (non-hydrogen) atoms. The number of pyridine rings is 1. The van der Waals surface area contributed by atoms with Crippen molar-refractivity contribution in [2.75, 3.05) is 26.0 Å². The van der Waals surface area contributed by atoms with Gasteiger partial charge in [0.15, 0.2) is 5.15 Å². The van der Waals surface area contributed by atoms with Crippen LogP contribution in [0, 0.1) is 0 Å². The summed E-state index contributed by atoms with van der Waals surface area (Å²) < 4.78 is 6.90. The highest BCUT2D eigenvalue weighted by atomic mass is 35.5. The van der Waals surface area contributed by atoms with Gasteiger partial charge >= 0.3 is 0 Å². The Balaban J connectivity index is 1.63. The van der Waals surface area contributed by atoms with Crippen molar-refractivity contribution in [3.05, 3.63) is 65.6 Å². The molecule has 0 saturated carbocycles. The average molecular weight is 399 g/mol. The molecule has 0 saturated heterocycles. The first-order valence-corrected chi connectivity index (χ1v) is 8.85. The van der Waals surface area contributed by atoms with Crippen LogP contribution in [0.4, 0.5) is 5.69 Å². The molecule has 0 atom stereocenters. The minimum atomic E-state index is -0.331. The van der Waals surface area contributed by atoms with Crippen LogP contribution in [0.5, 0.6) is 5.75 Å². The Labute approximate surface area is 167 Å². The Hall–Kier alpha value is -3.32. The monoisotopic (exact) mass is 398 g/mol. The van der Waals surface area contributed by atoms with E-state index in [4.69, 9.17) is 16.3 Å². The maximum Gasteiger partial charge on any atom is 0.246 e. The molecule has 7 nitrogen and oxygen atoms in total. The summed E-state index contributed by atoms with van der Waals surface area (Å²) in [7, 11) is 3.10. The van der Waals surface area contributed by atoms with Crippen LogP contribution >= 0.6 is 11.6 Å². The zero-order chi connectivity index (χ0) is 20.1. The van der Waals surface area contributed by atoms with Crippen molar-refractivity contribution >= 4 is 40.8 Å². The standard InChI is InChI=1S/C20H19ClN4O3/c1-24(13-18(26)22-14-6-5-7-15(12-14)28-2)19(27)10-9-16-20(21)23-17-8-3-4-11-25(16)17/h3-12H,13H2,1-2H3,(H,22,26)/b10-9+. The van der Waals surface area contributed by atoms with Crippen molar-refractivity contribution in [3.63, 3.8) is 0 Å². The van der Waals surface area contributed by atoms with Crippen molar-refractivity contribution < 1.29 is 14.3 Å². The Morgan fingerprint density at radius 2 is 2.11 bits per heavy atom. The van der Waals surface area contributed by atoms with Gasteiger partial charge in [0, 0.05) is 31.1 Å². The minimum Gasteiger partial charge on any atom is -0.497 e. The topological polar surface area (TPSA) is 75.9 Å². The normalized spacial score (nSPS) is 11.0. The van der Waals surface area contributed by atoms with Gasteiger partial charge in [-0.2, -0.15) is 0 Å². The van der Waals surface area contributed by atoms with Gasteiger partial charge in [0.05, 0.1) is 19.3 Å².